The SMILES string of the molecule is CCCCc1ccccc1N1C(=O)CS/C1=N\C(=S)NNC(CC)c1ccc(-c2ncn(-c3ccc(OC(F)(F)F)cc3)n2)cc1. The Labute approximate surface area is 274 Å². The molecule has 2 heterocycles. The van der Waals surface area contributed by atoms with E-state index in [1.54, 1.807) is 4.90 Å². The number of amidine groups is 1. The smallest absolute Gasteiger partial charge is 0.406 e. The molecule has 1 aromatic heterocycles. The Morgan fingerprint density at radius 3 is 2.52 bits per heavy atom. The zero-order chi connectivity index (χ0) is 32.7. The number of unbranched alkanes of at least 4 members (excludes halogenated alkanes) is 1. The first-order valence-corrected chi connectivity index (χ1v) is 16.1. The third kappa shape index (κ3) is 8.30. The standard InChI is InChI=1S/C32H32F3N7O2S2/c1-3-5-8-22-9-6-7-10-27(22)42-28(43)19-46-31(42)37-30(45)39-38-26(4-2)21-11-13-23(14-12-21)29-36-20-41(40-29)24-15-17-25(18-16-24)44-32(33,34)35/h6-7,9-18,20,26,38H,3-5,8,19H2,1-2H3,(H,39,45)/b37-31-. The molecule has 1 amide bonds. The van der Waals surface area contributed by atoms with Gasteiger partial charge in [-0.25, -0.2) is 15.1 Å². The molecule has 0 radical (unpaired) electrons. The first-order chi connectivity index (χ1) is 22.1. The Balaban J connectivity index is 1.21. The van der Waals surface area contributed by atoms with Crippen molar-refractivity contribution in [2.24, 2.45) is 4.99 Å². The number of amides is 1. The summed E-state index contributed by atoms with van der Waals surface area (Å²) in [4.78, 5) is 23.4. The number of thiocarbonyl (C=S) groups is 1. The zero-order valence-electron chi connectivity index (χ0n) is 25.1. The van der Waals surface area contributed by atoms with E-state index in [9.17, 15) is 18.0 Å². The summed E-state index contributed by atoms with van der Waals surface area (Å²) in [6, 6.07) is 20.9. The molecule has 4 aromatic rings. The van der Waals surface area contributed by atoms with E-state index >= 15 is 0 Å². The van der Waals surface area contributed by atoms with Crippen LogP contribution in [0.3, 0.4) is 0 Å². The number of hydrazine groups is 1. The second kappa shape index (κ2) is 14.9. The largest absolute Gasteiger partial charge is 0.573 e. The quantitative estimate of drug-likeness (QED) is 0.129. The summed E-state index contributed by atoms with van der Waals surface area (Å²) < 4.78 is 42.7. The summed E-state index contributed by atoms with van der Waals surface area (Å²) in [5.74, 6) is 0.425. The number of rotatable bonds is 11. The Kier molecular flexibility index (Phi) is 10.7. The molecule has 46 heavy (non-hydrogen) atoms. The fourth-order valence-electron chi connectivity index (χ4n) is 4.86. The van der Waals surface area contributed by atoms with E-state index in [-0.39, 0.29) is 22.8 Å². The molecular weight excluding hydrogens is 636 g/mol. The van der Waals surface area contributed by atoms with E-state index in [4.69, 9.17) is 12.2 Å². The Morgan fingerprint density at radius 2 is 1.83 bits per heavy atom. The maximum atomic E-state index is 12.8. The molecule has 1 unspecified atom stereocenters. The van der Waals surface area contributed by atoms with Gasteiger partial charge in [-0.1, -0.05) is 74.5 Å². The number of halogens is 3. The summed E-state index contributed by atoms with van der Waals surface area (Å²) in [7, 11) is 0. The number of alkyl halides is 3. The lowest BCUT2D eigenvalue weighted by Gasteiger charge is -2.21. The summed E-state index contributed by atoms with van der Waals surface area (Å²) in [6.07, 6.45) is 0.457. The second-order valence-electron chi connectivity index (χ2n) is 10.4. The van der Waals surface area contributed by atoms with Crippen LogP contribution in [0.5, 0.6) is 5.75 Å². The van der Waals surface area contributed by atoms with Crippen molar-refractivity contribution < 1.29 is 22.7 Å². The molecule has 9 nitrogen and oxygen atoms in total. The van der Waals surface area contributed by atoms with Crippen LogP contribution in [0.15, 0.2) is 84.1 Å². The molecule has 1 aliphatic rings. The fraction of sp³-hybridized carbons (Fsp3) is 0.281. The van der Waals surface area contributed by atoms with Gasteiger partial charge in [-0.05, 0) is 72.9 Å². The number of nitrogens with zero attached hydrogens (tertiary/aromatic N) is 5. The van der Waals surface area contributed by atoms with Crippen LogP contribution < -0.4 is 20.5 Å². The van der Waals surface area contributed by atoms with Crippen LogP contribution in [0, 0.1) is 0 Å². The van der Waals surface area contributed by atoms with Gasteiger partial charge in [0.05, 0.1) is 23.2 Å². The van der Waals surface area contributed by atoms with E-state index in [0.29, 0.717) is 22.4 Å². The van der Waals surface area contributed by atoms with Crippen LogP contribution in [0.25, 0.3) is 17.1 Å². The molecule has 240 valence electrons. The molecule has 0 saturated carbocycles. The van der Waals surface area contributed by atoms with Crippen LogP contribution in [-0.2, 0) is 11.2 Å². The van der Waals surface area contributed by atoms with Gasteiger partial charge < -0.3 is 4.74 Å². The molecule has 3 aromatic carbocycles. The number of aliphatic imine (C=N–C) groups is 1. The van der Waals surface area contributed by atoms with Gasteiger partial charge in [0.25, 0.3) is 0 Å². The normalized spacial score (nSPS) is 14.9. The van der Waals surface area contributed by atoms with E-state index < -0.39 is 6.36 Å². The molecule has 0 aliphatic carbocycles. The molecular formula is C32H32F3N7O2S2. The molecule has 5 rings (SSSR count). The van der Waals surface area contributed by atoms with Crippen LogP contribution >= 0.6 is 24.0 Å². The minimum absolute atomic E-state index is 0.0252. The van der Waals surface area contributed by atoms with E-state index in [1.807, 2.05) is 49.4 Å². The maximum Gasteiger partial charge on any atom is 0.573 e. The number of para-hydroxylation sites is 1. The number of aromatic nitrogens is 3. The number of hydrogen-bond acceptors (Lipinski definition) is 7. The molecule has 2 N–H and O–H groups in total. The highest BCUT2D eigenvalue weighted by Gasteiger charge is 2.32. The molecule has 1 saturated heterocycles. The lowest BCUT2D eigenvalue weighted by Crippen LogP contribution is -2.39. The van der Waals surface area contributed by atoms with Crippen molar-refractivity contribution in [1.29, 1.82) is 0 Å². The lowest BCUT2D eigenvalue weighted by molar-refractivity contribution is -0.274. The van der Waals surface area contributed by atoms with E-state index in [1.165, 1.54) is 47.0 Å². The van der Waals surface area contributed by atoms with Gasteiger partial charge in [0, 0.05) is 5.56 Å². The maximum absolute atomic E-state index is 12.8. The third-order valence-corrected chi connectivity index (χ3v) is 8.27. The second-order valence-corrected chi connectivity index (χ2v) is 11.7. The first kappa shape index (κ1) is 33.1. The number of benzene rings is 3. The van der Waals surface area contributed by atoms with Gasteiger partial charge >= 0.3 is 6.36 Å². The zero-order valence-corrected chi connectivity index (χ0v) is 26.8. The number of thioether (sulfide) groups is 1. The van der Waals surface area contributed by atoms with Crippen molar-refractivity contribution in [3.05, 3.63) is 90.3 Å². The number of nitrogens with one attached hydrogen (secondary N) is 2. The van der Waals surface area contributed by atoms with E-state index in [0.717, 1.165) is 48.1 Å². The lowest BCUT2D eigenvalue weighted by atomic mass is 10.0. The van der Waals surface area contributed by atoms with Gasteiger partial charge in [-0.15, -0.1) is 18.3 Å². The minimum Gasteiger partial charge on any atom is -0.406 e. The number of carbonyl (C=O) groups is 1. The van der Waals surface area contributed by atoms with Crippen LogP contribution in [0.2, 0.25) is 0 Å². The molecule has 1 fully saturated rings. The van der Waals surface area contributed by atoms with E-state index in [2.05, 4.69) is 43.7 Å². The van der Waals surface area contributed by atoms with Gasteiger partial charge in [-0.2, -0.15) is 4.99 Å². The van der Waals surface area contributed by atoms with Gasteiger partial charge in [0.2, 0.25) is 11.0 Å². The minimum atomic E-state index is -4.75. The van der Waals surface area contributed by atoms with Crippen molar-refractivity contribution >= 4 is 45.9 Å². The molecule has 1 aliphatic heterocycles. The monoisotopic (exact) mass is 667 g/mol. The average Bonchev–Trinajstić information content (AvgIpc) is 3.67. The van der Waals surface area contributed by atoms with Crippen molar-refractivity contribution in [2.75, 3.05) is 10.7 Å². The summed E-state index contributed by atoms with van der Waals surface area (Å²) in [5.41, 5.74) is 10.5. The average molecular weight is 668 g/mol. The van der Waals surface area contributed by atoms with Crippen molar-refractivity contribution in [3.8, 4) is 22.8 Å². The highest BCUT2D eigenvalue weighted by Crippen LogP contribution is 2.31. The predicted molar refractivity (Wildman–Crippen MR) is 178 cm³/mol. The number of carbonyl (C=O) groups excluding carboxylic acids is 1. The molecule has 0 spiro atoms. The van der Waals surface area contributed by atoms with Crippen molar-refractivity contribution in [3.63, 3.8) is 0 Å². The topological polar surface area (TPSA) is 96.7 Å². The van der Waals surface area contributed by atoms with Crippen LogP contribution in [-0.4, -0.2) is 43.1 Å². The van der Waals surface area contributed by atoms with Gasteiger partial charge in [0.15, 0.2) is 11.0 Å². The molecule has 1 atom stereocenters. The summed E-state index contributed by atoms with van der Waals surface area (Å²) in [5, 5.41) is 5.23. The third-order valence-electron chi connectivity index (χ3n) is 7.15. The van der Waals surface area contributed by atoms with Crippen molar-refractivity contribution in [2.45, 2.75) is 51.9 Å². The first-order valence-electron chi connectivity index (χ1n) is 14.7. The number of anilines is 1. The van der Waals surface area contributed by atoms with Gasteiger partial charge in [0.1, 0.15) is 12.1 Å². The van der Waals surface area contributed by atoms with Crippen LogP contribution in [0.1, 0.15) is 50.3 Å². The van der Waals surface area contributed by atoms with Gasteiger partial charge in [-0.3, -0.25) is 15.1 Å². The Morgan fingerprint density at radius 1 is 1.09 bits per heavy atom. The summed E-state index contributed by atoms with van der Waals surface area (Å²) in [6.45, 7) is 4.18. The molecule has 0 bridgehead atoms. The highest BCUT2D eigenvalue weighted by atomic mass is 32.2. The number of aryl methyl sites for hydroxylation is 1. The van der Waals surface area contributed by atoms with Crippen molar-refractivity contribution in [1.82, 2.24) is 25.6 Å². The summed E-state index contributed by atoms with van der Waals surface area (Å²) >= 11 is 6.88. The fourth-order valence-corrected chi connectivity index (χ4v) is 5.93. The number of hydrogen-bond donors (Lipinski definition) is 2. The number of ether oxygens (including phenoxy) is 1. The Bertz CT molecular complexity index is 1690. The molecule has 14 heteroatoms. The van der Waals surface area contributed by atoms with Crippen LogP contribution in [0.4, 0.5) is 18.9 Å². The highest BCUT2D eigenvalue weighted by molar-refractivity contribution is 8.15. The Hall–Kier alpha value is -4.27. The predicted octanol–water partition coefficient (Wildman–Crippen LogP) is 7.14.